The van der Waals surface area contributed by atoms with Gasteiger partial charge in [0.15, 0.2) is 11.6 Å². The smallest absolute Gasteiger partial charge is 0.238 e. The van der Waals surface area contributed by atoms with Crippen LogP contribution in [0.1, 0.15) is 56.1 Å². The molecular formula is C25H25N7O2. The first-order valence-corrected chi connectivity index (χ1v) is 11.8. The van der Waals surface area contributed by atoms with E-state index in [0.717, 1.165) is 47.1 Å². The first-order valence-electron chi connectivity index (χ1n) is 11.8. The van der Waals surface area contributed by atoms with Crippen molar-refractivity contribution in [2.45, 2.75) is 51.4 Å². The van der Waals surface area contributed by atoms with Crippen LogP contribution in [0.4, 0.5) is 0 Å². The summed E-state index contributed by atoms with van der Waals surface area (Å²) in [5, 5.41) is 9.03. The van der Waals surface area contributed by atoms with Gasteiger partial charge in [-0.15, -0.1) is 0 Å². The lowest BCUT2D eigenvalue weighted by atomic mass is 9.83. The third-order valence-corrected chi connectivity index (χ3v) is 6.55. The number of fused-ring (bicyclic) bond motifs is 1. The van der Waals surface area contributed by atoms with Crippen molar-refractivity contribution in [3.05, 3.63) is 66.5 Å². The van der Waals surface area contributed by atoms with E-state index < -0.39 is 0 Å². The van der Waals surface area contributed by atoms with E-state index in [9.17, 15) is 0 Å². The van der Waals surface area contributed by atoms with E-state index >= 15 is 0 Å². The number of hydrogen-bond acceptors (Lipinski definition) is 8. The molecule has 0 spiro atoms. The van der Waals surface area contributed by atoms with E-state index in [1.807, 2.05) is 28.9 Å². The Kier molecular flexibility index (Phi) is 5.37. The van der Waals surface area contributed by atoms with Crippen molar-refractivity contribution < 1.29 is 8.94 Å². The molecule has 0 N–H and O–H groups in total. The van der Waals surface area contributed by atoms with Gasteiger partial charge in [0.05, 0.1) is 17.5 Å². The summed E-state index contributed by atoms with van der Waals surface area (Å²) in [6.07, 6.45) is 11.0. The second-order valence-corrected chi connectivity index (χ2v) is 8.95. The zero-order valence-corrected chi connectivity index (χ0v) is 19.0. The van der Waals surface area contributed by atoms with Gasteiger partial charge in [0.25, 0.3) is 0 Å². The Morgan fingerprint density at radius 1 is 0.971 bits per heavy atom. The van der Waals surface area contributed by atoms with Crippen molar-refractivity contribution in [3.63, 3.8) is 0 Å². The number of aromatic nitrogens is 7. The summed E-state index contributed by atoms with van der Waals surface area (Å²) in [5.74, 6) is 4.48. The molecule has 6 rings (SSSR count). The Labute approximate surface area is 196 Å². The van der Waals surface area contributed by atoms with Gasteiger partial charge in [0.1, 0.15) is 11.3 Å². The third-order valence-electron chi connectivity index (χ3n) is 6.55. The van der Waals surface area contributed by atoms with Gasteiger partial charge in [-0.2, -0.15) is 10.1 Å². The predicted octanol–water partition coefficient (Wildman–Crippen LogP) is 4.93. The van der Waals surface area contributed by atoms with E-state index in [4.69, 9.17) is 19.0 Å². The summed E-state index contributed by atoms with van der Waals surface area (Å²) in [6, 6.07) is 9.41. The summed E-state index contributed by atoms with van der Waals surface area (Å²) in [5.41, 5.74) is 2.51. The number of pyridine rings is 2. The normalized spacial score (nSPS) is 18.5. The van der Waals surface area contributed by atoms with E-state index in [2.05, 4.69) is 27.0 Å². The maximum absolute atomic E-state index is 5.46. The molecule has 0 aliphatic heterocycles. The van der Waals surface area contributed by atoms with Gasteiger partial charge in [-0.1, -0.05) is 24.9 Å². The molecule has 1 aliphatic rings. The van der Waals surface area contributed by atoms with Gasteiger partial charge in [0, 0.05) is 31.2 Å². The fourth-order valence-electron chi connectivity index (χ4n) is 4.63. The average Bonchev–Trinajstić information content (AvgIpc) is 3.64. The molecule has 1 fully saturated rings. The molecule has 5 heterocycles. The highest BCUT2D eigenvalue weighted by atomic mass is 16.5. The van der Waals surface area contributed by atoms with Crippen LogP contribution in [0.5, 0.6) is 0 Å². The number of aryl methyl sites for hydroxylation is 2. The summed E-state index contributed by atoms with van der Waals surface area (Å²) < 4.78 is 12.8. The zero-order chi connectivity index (χ0) is 22.9. The van der Waals surface area contributed by atoms with Crippen LogP contribution < -0.4 is 0 Å². The highest BCUT2D eigenvalue weighted by Gasteiger charge is 2.25. The van der Waals surface area contributed by atoms with Crippen LogP contribution in [-0.4, -0.2) is 34.9 Å². The minimum absolute atomic E-state index is 0.381. The second-order valence-electron chi connectivity index (χ2n) is 8.95. The van der Waals surface area contributed by atoms with Gasteiger partial charge < -0.3 is 8.94 Å². The Morgan fingerprint density at radius 3 is 2.74 bits per heavy atom. The second kappa shape index (κ2) is 8.81. The minimum Gasteiger partial charge on any atom is -0.461 e. The standard InChI is InChI=1S/C25H25N7O2/c1-16-6-8-17(9-7-16)24-28-21(10-11-22-29-25(31-34-22)20-5-3-15-33-20)32(30-24)19-12-14-26-18-4-2-13-27-23(18)19/h2-5,12-17H,6-11H2,1H3. The molecule has 9 nitrogen and oxygen atoms in total. The molecule has 1 saturated carbocycles. The number of furan rings is 1. The highest BCUT2D eigenvalue weighted by molar-refractivity contribution is 5.82. The van der Waals surface area contributed by atoms with Gasteiger partial charge in [-0.25, -0.2) is 9.67 Å². The quantitative estimate of drug-likeness (QED) is 0.354. The van der Waals surface area contributed by atoms with Crippen molar-refractivity contribution in [1.29, 1.82) is 0 Å². The molecular weight excluding hydrogens is 430 g/mol. The van der Waals surface area contributed by atoms with Crippen LogP contribution in [0, 0.1) is 5.92 Å². The van der Waals surface area contributed by atoms with Crippen molar-refractivity contribution in [1.82, 2.24) is 34.9 Å². The van der Waals surface area contributed by atoms with Crippen LogP contribution >= 0.6 is 0 Å². The van der Waals surface area contributed by atoms with E-state index in [1.165, 1.54) is 12.8 Å². The molecule has 0 radical (unpaired) electrons. The van der Waals surface area contributed by atoms with E-state index in [1.54, 1.807) is 24.7 Å². The number of rotatable bonds is 6. The van der Waals surface area contributed by atoms with Crippen LogP contribution in [-0.2, 0) is 12.8 Å². The molecule has 0 saturated heterocycles. The van der Waals surface area contributed by atoms with Gasteiger partial charge in [-0.3, -0.25) is 9.97 Å². The lowest BCUT2D eigenvalue weighted by Crippen LogP contribution is -2.12. The number of nitrogens with zero attached hydrogens (tertiary/aromatic N) is 7. The average molecular weight is 456 g/mol. The fraction of sp³-hybridized carbons (Fsp3) is 0.360. The maximum Gasteiger partial charge on any atom is 0.238 e. The molecule has 0 unspecified atom stereocenters. The molecule has 9 heteroatoms. The maximum atomic E-state index is 5.46. The first-order chi connectivity index (χ1) is 16.7. The largest absolute Gasteiger partial charge is 0.461 e. The number of hydrogen-bond donors (Lipinski definition) is 0. The minimum atomic E-state index is 0.381. The van der Waals surface area contributed by atoms with Crippen molar-refractivity contribution >= 4 is 11.0 Å². The summed E-state index contributed by atoms with van der Waals surface area (Å²) in [7, 11) is 0. The monoisotopic (exact) mass is 455 g/mol. The third kappa shape index (κ3) is 3.98. The Hall–Kier alpha value is -3.88. The Morgan fingerprint density at radius 2 is 1.88 bits per heavy atom. The van der Waals surface area contributed by atoms with Gasteiger partial charge >= 0.3 is 0 Å². The molecule has 0 atom stereocenters. The van der Waals surface area contributed by atoms with Crippen molar-refractivity contribution in [2.75, 3.05) is 0 Å². The molecule has 0 amide bonds. The summed E-state index contributed by atoms with van der Waals surface area (Å²) in [6.45, 7) is 2.32. The molecule has 0 bridgehead atoms. The zero-order valence-electron chi connectivity index (χ0n) is 19.0. The molecule has 0 aromatic carbocycles. The van der Waals surface area contributed by atoms with Gasteiger partial charge in [-0.05, 0) is 49.1 Å². The van der Waals surface area contributed by atoms with Crippen LogP contribution in [0.3, 0.4) is 0 Å². The topological polar surface area (TPSA) is 109 Å². The first kappa shape index (κ1) is 20.7. The highest BCUT2D eigenvalue weighted by Crippen LogP contribution is 2.34. The van der Waals surface area contributed by atoms with Crippen LogP contribution in [0.2, 0.25) is 0 Å². The van der Waals surface area contributed by atoms with Crippen LogP contribution in [0.15, 0.2) is 57.9 Å². The van der Waals surface area contributed by atoms with Crippen molar-refractivity contribution in [3.8, 4) is 17.3 Å². The van der Waals surface area contributed by atoms with Crippen molar-refractivity contribution in [2.24, 2.45) is 5.92 Å². The molecule has 5 aromatic heterocycles. The van der Waals surface area contributed by atoms with E-state index in [-0.39, 0.29) is 0 Å². The predicted molar refractivity (Wildman–Crippen MR) is 124 cm³/mol. The lowest BCUT2D eigenvalue weighted by Gasteiger charge is -2.23. The SMILES string of the molecule is CC1CCC(c2nc(CCc3nc(-c4ccco4)no3)n(-c3ccnc4cccnc34)n2)CC1. The Balaban J connectivity index is 1.33. The Bertz CT molecular complexity index is 1390. The van der Waals surface area contributed by atoms with Crippen LogP contribution in [0.25, 0.3) is 28.3 Å². The summed E-state index contributed by atoms with van der Waals surface area (Å²) in [4.78, 5) is 18.5. The molecule has 34 heavy (non-hydrogen) atoms. The molecule has 5 aromatic rings. The van der Waals surface area contributed by atoms with E-state index in [0.29, 0.717) is 36.2 Å². The van der Waals surface area contributed by atoms with Gasteiger partial charge in [0.2, 0.25) is 11.7 Å². The lowest BCUT2D eigenvalue weighted by molar-refractivity contribution is 0.339. The molecule has 172 valence electrons. The fourth-order valence-corrected chi connectivity index (χ4v) is 4.63. The summed E-state index contributed by atoms with van der Waals surface area (Å²) >= 11 is 0. The molecule has 1 aliphatic carbocycles.